The predicted molar refractivity (Wildman–Crippen MR) is 46.3 cm³/mol. The molecule has 0 saturated heterocycles. The number of nitrogens with one attached hydrogen (secondary N) is 1. The van der Waals surface area contributed by atoms with Crippen LogP contribution in [0, 0.1) is 0 Å². The zero-order valence-corrected chi connectivity index (χ0v) is 8.09. The van der Waals surface area contributed by atoms with Gasteiger partial charge in [-0.1, -0.05) is 0 Å². The fourth-order valence-electron chi connectivity index (χ4n) is 0.541. The van der Waals surface area contributed by atoms with Crippen molar-refractivity contribution in [1.29, 1.82) is 0 Å². The third kappa shape index (κ3) is 7.27. The van der Waals surface area contributed by atoms with Crippen LogP contribution in [0.1, 0.15) is 20.8 Å². The van der Waals surface area contributed by atoms with Gasteiger partial charge >= 0.3 is 6.09 Å². The molecule has 0 fully saturated rings. The number of ketones is 1. The third-order valence-corrected chi connectivity index (χ3v) is 1.01. The predicted octanol–water partition coefficient (Wildman–Crippen LogP) is 0.0725. The van der Waals surface area contributed by atoms with Gasteiger partial charge < -0.3 is 15.2 Å². The minimum Gasteiger partial charge on any atom is -0.444 e. The summed E-state index contributed by atoms with van der Waals surface area (Å²) in [5.74, 6) is -0.453. The second-order valence-electron chi connectivity index (χ2n) is 3.55. The Morgan fingerprint density at radius 3 is 2.31 bits per heavy atom. The standard InChI is InChI=1S/C8H15NO4/c1-8(2,3)13-7(12)9-4-6(11)5-10/h10H,4-5H2,1-3H3,(H,9,12). The minimum atomic E-state index is -0.658. The van der Waals surface area contributed by atoms with E-state index in [1.54, 1.807) is 20.8 Å². The summed E-state index contributed by atoms with van der Waals surface area (Å²) in [6.45, 7) is 4.39. The normalized spacial score (nSPS) is 10.8. The van der Waals surface area contributed by atoms with Gasteiger partial charge in [0.2, 0.25) is 0 Å². The quantitative estimate of drug-likeness (QED) is 0.658. The molecule has 0 atom stereocenters. The Kier molecular flexibility index (Phi) is 4.40. The Morgan fingerprint density at radius 1 is 1.38 bits per heavy atom. The molecule has 0 unspecified atom stereocenters. The maximum atomic E-state index is 10.9. The zero-order chi connectivity index (χ0) is 10.5. The zero-order valence-electron chi connectivity index (χ0n) is 8.09. The van der Waals surface area contributed by atoms with E-state index in [9.17, 15) is 9.59 Å². The molecule has 0 aromatic carbocycles. The van der Waals surface area contributed by atoms with E-state index in [0.29, 0.717) is 0 Å². The summed E-state index contributed by atoms with van der Waals surface area (Å²) in [4.78, 5) is 21.5. The van der Waals surface area contributed by atoms with Gasteiger partial charge in [-0.2, -0.15) is 0 Å². The molecule has 0 aliphatic heterocycles. The molecule has 0 saturated carbocycles. The Labute approximate surface area is 77.1 Å². The van der Waals surface area contributed by atoms with Crippen LogP contribution in [0.25, 0.3) is 0 Å². The van der Waals surface area contributed by atoms with Gasteiger partial charge in [0.25, 0.3) is 0 Å². The summed E-state index contributed by atoms with van der Waals surface area (Å²) in [6.07, 6.45) is -0.658. The number of hydrogen-bond donors (Lipinski definition) is 2. The van der Waals surface area contributed by atoms with Crippen molar-refractivity contribution >= 4 is 11.9 Å². The van der Waals surface area contributed by atoms with Crippen molar-refractivity contribution in [3.63, 3.8) is 0 Å². The molecule has 0 aromatic heterocycles. The second-order valence-corrected chi connectivity index (χ2v) is 3.55. The SMILES string of the molecule is CC(C)(C)OC(=O)NCC(=O)CO. The number of carbonyl (C=O) groups excluding carboxylic acids is 2. The highest BCUT2D eigenvalue weighted by molar-refractivity contribution is 5.84. The molecule has 0 aromatic rings. The van der Waals surface area contributed by atoms with Crippen LogP contribution in [0.3, 0.4) is 0 Å². The van der Waals surface area contributed by atoms with Crippen molar-refractivity contribution in [2.24, 2.45) is 0 Å². The fraction of sp³-hybridized carbons (Fsp3) is 0.750. The molecule has 2 N–H and O–H groups in total. The Hall–Kier alpha value is -1.10. The topological polar surface area (TPSA) is 75.6 Å². The molecule has 5 nitrogen and oxygen atoms in total. The molecule has 13 heavy (non-hydrogen) atoms. The molecule has 0 aliphatic rings. The van der Waals surface area contributed by atoms with Crippen LogP contribution >= 0.6 is 0 Å². The van der Waals surface area contributed by atoms with Gasteiger partial charge in [-0.05, 0) is 20.8 Å². The number of aliphatic hydroxyl groups excluding tert-OH is 1. The van der Waals surface area contributed by atoms with Gasteiger partial charge in [0.1, 0.15) is 12.2 Å². The highest BCUT2D eigenvalue weighted by Crippen LogP contribution is 2.05. The second kappa shape index (κ2) is 4.81. The Balaban J connectivity index is 3.71. The molecular weight excluding hydrogens is 174 g/mol. The van der Waals surface area contributed by atoms with E-state index < -0.39 is 24.1 Å². The van der Waals surface area contributed by atoms with Gasteiger partial charge in [-0.25, -0.2) is 4.79 Å². The largest absolute Gasteiger partial charge is 0.444 e. The average Bonchev–Trinajstić information content (AvgIpc) is 1.97. The highest BCUT2D eigenvalue weighted by Gasteiger charge is 2.16. The van der Waals surface area contributed by atoms with Crippen LogP contribution in [-0.4, -0.2) is 35.7 Å². The lowest BCUT2D eigenvalue weighted by Gasteiger charge is -2.19. The molecular formula is C8H15NO4. The van der Waals surface area contributed by atoms with Gasteiger partial charge in [0.15, 0.2) is 5.78 Å². The monoisotopic (exact) mass is 189 g/mol. The number of Topliss-reactive ketones (excluding diaryl/α,β-unsaturated/α-hetero) is 1. The Bertz CT molecular complexity index is 195. The first kappa shape index (κ1) is 11.9. The molecule has 0 radical (unpaired) electrons. The third-order valence-electron chi connectivity index (χ3n) is 1.01. The van der Waals surface area contributed by atoms with Crippen molar-refractivity contribution in [3.8, 4) is 0 Å². The Morgan fingerprint density at radius 2 is 1.92 bits per heavy atom. The van der Waals surface area contributed by atoms with Crippen LogP contribution < -0.4 is 5.32 Å². The number of rotatable bonds is 3. The van der Waals surface area contributed by atoms with Gasteiger partial charge in [0.05, 0.1) is 6.54 Å². The fourth-order valence-corrected chi connectivity index (χ4v) is 0.541. The maximum absolute atomic E-state index is 10.9. The van der Waals surface area contributed by atoms with Crippen LogP contribution in [0.15, 0.2) is 0 Å². The molecule has 0 heterocycles. The number of alkyl carbamates (subject to hydrolysis) is 1. The van der Waals surface area contributed by atoms with Crippen LogP contribution in [0.2, 0.25) is 0 Å². The molecule has 0 rings (SSSR count). The van der Waals surface area contributed by atoms with Crippen LogP contribution in [0.4, 0.5) is 4.79 Å². The molecule has 0 bridgehead atoms. The van der Waals surface area contributed by atoms with E-state index in [-0.39, 0.29) is 6.54 Å². The number of ether oxygens (including phenoxy) is 1. The first-order valence-electron chi connectivity index (χ1n) is 3.94. The smallest absolute Gasteiger partial charge is 0.408 e. The van der Waals surface area contributed by atoms with Crippen molar-refractivity contribution < 1.29 is 19.4 Å². The van der Waals surface area contributed by atoms with E-state index in [2.05, 4.69) is 5.32 Å². The number of hydrogen-bond acceptors (Lipinski definition) is 4. The average molecular weight is 189 g/mol. The summed E-state index contributed by atoms with van der Waals surface area (Å²) in [5.41, 5.74) is -0.577. The molecule has 5 heteroatoms. The maximum Gasteiger partial charge on any atom is 0.408 e. The van der Waals surface area contributed by atoms with Crippen molar-refractivity contribution in [3.05, 3.63) is 0 Å². The number of aliphatic hydroxyl groups is 1. The highest BCUT2D eigenvalue weighted by atomic mass is 16.6. The van der Waals surface area contributed by atoms with Gasteiger partial charge in [0, 0.05) is 0 Å². The summed E-state index contributed by atoms with van der Waals surface area (Å²) >= 11 is 0. The lowest BCUT2D eigenvalue weighted by Crippen LogP contribution is -2.36. The molecule has 76 valence electrons. The lowest BCUT2D eigenvalue weighted by molar-refractivity contribution is -0.120. The molecule has 0 spiro atoms. The first-order valence-corrected chi connectivity index (χ1v) is 3.94. The van der Waals surface area contributed by atoms with E-state index in [1.807, 2.05) is 0 Å². The summed E-state index contributed by atoms with van der Waals surface area (Å²) in [5, 5.41) is 10.6. The molecule has 0 aliphatic carbocycles. The minimum absolute atomic E-state index is 0.203. The number of amides is 1. The summed E-state index contributed by atoms with van der Waals surface area (Å²) in [6, 6.07) is 0. The van der Waals surface area contributed by atoms with Crippen molar-refractivity contribution in [2.75, 3.05) is 13.2 Å². The summed E-state index contributed by atoms with van der Waals surface area (Å²) < 4.78 is 4.85. The van der Waals surface area contributed by atoms with Crippen molar-refractivity contribution in [1.82, 2.24) is 5.32 Å². The van der Waals surface area contributed by atoms with Gasteiger partial charge in [-0.15, -0.1) is 0 Å². The van der Waals surface area contributed by atoms with E-state index in [4.69, 9.17) is 9.84 Å². The van der Waals surface area contributed by atoms with E-state index in [1.165, 1.54) is 0 Å². The molecule has 1 amide bonds. The first-order chi connectivity index (χ1) is 5.85. The summed E-state index contributed by atoms with van der Waals surface area (Å²) in [7, 11) is 0. The number of carbonyl (C=O) groups is 2. The van der Waals surface area contributed by atoms with Crippen molar-refractivity contribution in [2.45, 2.75) is 26.4 Å². The van der Waals surface area contributed by atoms with Crippen LogP contribution in [-0.2, 0) is 9.53 Å². The van der Waals surface area contributed by atoms with E-state index >= 15 is 0 Å². The van der Waals surface area contributed by atoms with Crippen LogP contribution in [0.5, 0.6) is 0 Å². The lowest BCUT2D eigenvalue weighted by atomic mass is 10.2. The van der Waals surface area contributed by atoms with E-state index in [0.717, 1.165) is 0 Å². The van der Waals surface area contributed by atoms with Gasteiger partial charge in [-0.3, -0.25) is 4.79 Å².